The van der Waals surface area contributed by atoms with E-state index in [1.165, 1.54) is 25.4 Å². The molecule has 28 heavy (non-hydrogen) atoms. The number of thiocarbonyl (C=S) groups is 1. The van der Waals surface area contributed by atoms with Crippen molar-refractivity contribution < 1.29 is 23.9 Å². The molecule has 11 heteroatoms. The molecule has 148 valence electrons. The number of carbonyl (C=O) groups excluding carboxylic acids is 3. The Morgan fingerprint density at radius 1 is 1.07 bits per heavy atom. The first-order chi connectivity index (χ1) is 13.4. The van der Waals surface area contributed by atoms with Crippen LogP contribution in [0.15, 0.2) is 35.7 Å². The van der Waals surface area contributed by atoms with Crippen molar-refractivity contribution in [1.29, 1.82) is 0 Å². The summed E-state index contributed by atoms with van der Waals surface area (Å²) in [6.45, 7) is 1.16. The van der Waals surface area contributed by atoms with Crippen LogP contribution in [-0.4, -0.2) is 36.6 Å². The Labute approximate surface area is 170 Å². The molecule has 0 saturated carbocycles. The zero-order valence-electron chi connectivity index (χ0n) is 15.0. The summed E-state index contributed by atoms with van der Waals surface area (Å²) in [6, 6.07) is 8.24. The van der Waals surface area contributed by atoms with Crippen LogP contribution in [0, 0.1) is 0 Å². The van der Waals surface area contributed by atoms with E-state index < -0.39 is 11.9 Å². The number of hydrogen-bond donors (Lipinski definition) is 4. The molecule has 2 rings (SSSR count). The van der Waals surface area contributed by atoms with E-state index in [4.69, 9.17) is 17.0 Å². The highest BCUT2D eigenvalue weighted by atomic mass is 32.1. The average Bonchev–Trinajstić information content (AvgIpc) is 3.12. The highest BCUT2D eigenvalue weighted by Gasteiger charge is 2.14. The van der Waals surface area contributed by atoms with E-state index in [0.29, 0.717) is 22.0 Å². The van der Waals surface area contributed by atoms with Crippen LogP contribution < -0.4 is 26.2 Å². The number of carbonyl (C=O) groups is 3. The fourth-order valence-electron chi connectivity index (χ4n) is 1.96. The van der Waals surface area contributed by atoms with Gasteiger partial charge in [-0.05, 0) is 47.9 Å². The van der Waals surface area contributed by atoms with Crippen molar-refractivity contribution in [3.05, 3.63) is 40.6 Å². The van der Waals surface area contributed by atoms with Crippen molar-refractivity contribution in [2.75, 3.05) is 24.4 Å². The summed E-state index contributed by atoms with van der Waals surface area (Å²) in [6.07, 6.45) is 0. The average molecular weight is 422 g/mol. The van der Waals surface area contributed by atoms with Gasteiger partial charge < -0.3 is 20.1 Å². The fraction of sp³-hybridized carbons (Fsp3) is 0.176. The van der Waals surface area contributed by atoms with Crippen LogP contribution in [0.5, 0.6) is 5.75 Å². The standard InChI is InChI=1S/C17H18N4O5S2/c1-10(22)18-11-3-5-12(6-4-11)26-9-14(23)20-21-17(27)19-13-7-8-28-15(13)16(24)25-2/h3-8H,9H2,1-2H3,(H,18,22)(H,20,23)(H2,19,21,27). The molecule has 1 aromatic carbocycles. The van der Waals surface area contributed by atoms with Crippen LogP contribution >= 0.6 is 23.6 Å². The van der Waals surface area contributed by atoms with Gasteiger partial charge in [0.15, 0.2) is 11.7 Å². The number of methoxy groups -OCH3 is 1. The van der Waals surface area contributed by atoms with E-state index in [9.17, 15) is 14.4 Å². The molecule has 9 nitrogen and oxygen atoms in total. The Balaban J connectivity index is 1.75. The first-order valence-corrected chi connectivity index (χ1v) is 9.20. The normalized spacial score (nSPS) is 9.79. The number of rotatable bonds is 6. The van der Waals surface area contributed by atoms with Crippen LogP contribution in [0.25, 0.3) is 0 Å². The van der Waals surface area contributed by atoms with Crippen molar-refractivity contribution in [3.63, 3.8) is 0 Å². The van der Waals surface area contributed by atoms with E-state index in [1.807, 2.05) is 0 Å². The number of anilines is 2. The third-order valence-corrected chi connectivity index (χ3v) is 4.24. The summed E-state index contributed by atoms with van der Waals surface area (Å²) in [4.78, 5) is 34.8. The van der Waals surface area contributed by atoms with Crippen molar-refractivity contribution in [2.24, 2.45) is 0 Å². The zero-order valence-corrected chi connectivity index (χ0v) is 16.7. The van der Waals surface area contributed by atoms with Gasteiger partial charge in [-0.1, -0.05) is 0 Å². The minimum absolute atomic E-state index is 0.0940. The maximum Gasteiger partial charge on any atom is 0.350 e. The summed E-state index contributed by atoms with van der Waals surface area (Å²) in [5.41, 5.74) is 5.99. The second kappa shape index (κ2) is 10.2. The lowest BCUT2D eigenvalue weighted by molar-refractivity contribution is -0.123. The first kappa shape index (κ1) is 21.1. The van der Waals surface area contributed by atoms with Crippen LogP contribution in [-0.2, 0) is 14.3 Å². The van der Waals surface area contributed by atoms with E-state index in [0.717, 1.165) is 0 Å². The molecular formula is C17H18N4O5S2. The quantitative estimate of drug-likeness (QED) is 0.317. The Morgan fingerprint density at radius 3 is 2.43 bits per heavy atom. The van der Waals surface area contributed by atoms with E-state index >= 15 is 0 Å². The zero-order chi connectivity index (χ0) is 20.5. The molecule has 0 aliphatic rings. The van der Waals surface area contributed by atoms with Crippen molar-refractivity contribution >= 4 is 57.8 Å². The van der Waals surface area contributed by atoms with Crippen LogP contribution in [0.3, 0.4) is 0 Å². The smallest absolute Gasteiger partial charge is 0.350 e. The fourth-order valence-corrected chi connectivity index (χ4v) is 2.89. The third kappa shape index (κ3) is 6.52. The van der Waals surface area contributed by atoms with Crippen molar-refractivity contribution in [3.8, 4) is 5.75 Å². The molecule has 0 bridgehead atoms. The molecule has 1 heterocycles. The molecule has 0 atom stereocenters. The maximum absolute atomic E-state index is 11.8. The lowest BCUT2D eigenvalue weighted by atomic mass is 10.3. The molecular weight excluding hydrogens is 404 g/mol. The third-order valence-electron chi connectivity index (χ3n) is 3.14. The van der Waals surface area contributed by atoms with E-state index in [-0.39, 0.29) is 17.6 Å². The predicted octanol–water partition coefficient (Wildman–Crippen LogP) is 1.89. The second-order valence-corrected chi connectivity index (χ2v) is 6.60. The molecule has 2 amide bonds. The summed E-state index contributed by atoms with van der Waals surface area (Å²) in [7, 11) is 1.29. The van der Waals surface area contributed by atoms with Gasteiger partial charge in [-0.15, -0.1) is 11.3 Å². The number of hydrazine groups is 1. The van der Waals surface area contributed by atoms with E-state index in [1.54, 1.807) is 35.7 Å². The molecule has 0 unspecified atom stereocenters. The van der Waals surface area contributed by atoms with Gasteiger partial charge in [-0.2, -0.15) is 0 Å². The Bertz CT molecular complexity index is 867. The SMILES string of the molecule is COC(=O)c1sccc1NC(=S)NNC(=O)COc1ccc(NC(C)=O)cc1. The summed E-state index contributed by atoms with van der Waals surface area (Å²) < 4.78 is 10.0. The lowest BCUT2D eigenvalue weighted by Gasteiger charge is -2.12. The van der Waals surface area contributed by atoms with Gasteiger partial charge in [0.05, 0.1) is 12.8 Å². The number of benzene rings is 1. The molecule has 2 aromatic rings. The summed E-state index contributed by atoms with van der Waals surface area (Å²) in [5, 5.41) is 7.23. The minimum atomic E-state index is -0.484. The lowest BCUT2D eigenvalue weighted by Crippen LogP contribution is -2.45. The topological polar surface area (TPSA) is 118 Å². The predicted molar refractivity (Wildman–Crippen MR) is 109 cm³/mol. The molecule has 0 spiro atoms. The Morgan fingerprint density at radius 2 is 1.79 bits per heavy atom. The maximum atomic E-state index is 11.8. The highest BCUT2D eigenvalue weighted by molar-refractivity contribution is 7.80. The van der Waals surface area contributed by atoms with Gasteiger partial charge in [0.2, 0.25) is 5.91 Å². The van der Waals surface area contributed by atoms with Gasteiger partial charge in [0, 0.05) is 12.6 Å². The van der Waals surface area contributed by atoms with Crippen molar-refractivity contribution in [2.45, 2.75) is 6.92 Å². The highest BCUT2D eigenvalue weighted by Crippen LogP contribution is 2.22. The number of thiophene rings is 1. The summed E-state index contributed by atoms with van der Waals surface area (Å²) in [5.74, 6) is -0.661. The second-order valence-electron chi connectivity index (χ2n) is 5.28. The number of nitrogens with one attached hydrogen (secondary N) is 4. The Kier molecular flexibility index (Phi) is 7.72. The van der Waals surface area contributed by atoms with Crippen LogP contribution in [0.4, 0.5) is 11.4 Å². The van der Waals surface area contributed by atoms with Crippen LogP contribution in [0.1, 0.15) is 16.6 Å². The van der Waals surface area contributed by atoms with Crippen LogP contribution in [0.2, 0.25) is 0 Å². The molecule has 4 N–H and O–H groups in total. The largest absolute Gasteiger partial charge is 0.484 e. The Hall–Kier alpha value is -3.18. The molecule has 1 aromatic heterocycles. The van der Waals surface area contributed by atoms with Gasteiger partial charge in [-0.3, -0.25) is 20.4 Å². The van der Waals surface area contributed by atoms with Gasteiger partial charge in [-0.25, -0.2) is 4.79 Å². The molecule has 0 aliphatic heterocycles. The number of esters is 1. The molecule has 0 radical (unpaired) electrons. The molecule has 0 saturated heterocycles. The van der Waals surface area contributed by atoms with E-state index in [2.05, 4.69) is 26.2 Å². The number of amides is 2. The van der Waals surface area contributed by atoms with Gasteiger partial charge >= 0.3 is 5.97 Å². The number of ether oxygens (including phenoxy) is 2. The first-order valence-electron chi connectivity index (χ1n) is 7.91. The molecule has 0 aliphatic carbocycles. The minimum Gasteiger partial charge on any atom is -0.484 e. The van der Waals surface area contributed by atoms with Crippen molar-refractivity contribution in [1.82, 2.24) is 10.9 Å². The van der Waals surface area contributed by atoms with Gasteiger partial charge in [0.1, 0.15) is 10.6 Å². The summed E-state index contributed by atoms with van der Waals surface area (Å²) >= 11 is 6.27. The molecule has 0 fully saturated rings. The number of hydrogen-bond acceptors (Lipinski definition) is 7. The monoisotopic (exact) mass is 422 g/mol. The van der Waals surface area contributed by atoms with Gasteiger partial charge in [0.25, 0.3) is 5.91 Å².